The normalized spacial score (nSPS) is 22.5. The Bertz CT molecular complexity index is 1450. The van der Waals surface area contributed by atoms with Crippen LogP contribution in [0.3, 0.4) is 0 Å². The third kappa shape index (κ3) is 8.73. The standard InChI is InChI=1S/C32H41N5O9/c1-3-27(41)33-15-14-25(39)29(42)30-28(34-20(2)38)26(40)18-32(46-30,31(43)44)45-17-7-16-37-19-24(35-36-37)23-12-10-22(11-13-23)21-8-5-4-6-9-21/h4-6,8-13,19,25-26,28-30,39-40,42H,3,7,14-18H2,1-2H3,(H,33,41)(H,34,38)(H,43,44)/t25-,26+,28-,29-,30-,32-/m1/s1. The minimum Gasteiger partial charge on any atom is -0.477 e. The van der Waals surface area contributed by atoms with Gasteiger partial charge in [0.05, 0.1) is 31.1 Å². The zero-order valence-corrected chi connectivity index (χ0v) is 25.8. The summed E-state index contributed by atoms with van der Waals surface area (Å²) in [5, 5.41) is 56.0. The Morgan fingerprint density at radius 3 is 2.41 bits per heavy atom. The van der Waals surface area contributed by atoms with Crippen LogP contribution >= 0.6 is 0 Å². The van der Waals surface area contributed by atoms with Gasteiger partial charge in [0.25, 0.3) is 5.79 Å². The number of aryl methyl sites for hydroxylation is 1. The summed E-state index contributed by atoms with van der Waals surface area (Å²) < 4.78 is 13.1. The fourth-order valence-corrected chi connectivity index (χ4v) is 5.29. The zero-order chi connectivity index (χ0) is 33.3. The predicted molar refractivity (Wildman–Crippen MR) is 165 cm³/mol. The molecule has 1 fully saturated rings. The molecule has 248 valence electrons. The number of carboxylic acid groups (broad SMARTS) is 1. The molecule has 2 aromatic carbocycles. The van der Waals surface area contributed by atoms with Crippen LogP contribution in [0.15, 0.2) is 60.8 Å². The number of carbonyl (C=O) groups is 3. The molecule has 3 aromatic rings. The number of nitrogens with zero attached hydrogens (tertiary/aromatic N) is 3. The van der Waals surface area contributed by atoms with Crippen molar-refractivity contribution in [3.8, 4) is 22.4 Å². The molecule has 6 N–H and O–H groups in total. The Hall–Kier alpha value is -4.21. The van der Waals surface area contributed by atoms with Crippen LogP contribution in [0.25, 0.3) is 22.4 Å². The topological polar surface area (TPSA) is 205 Å². The van der Waals surface area contributed by atoms with Crippen molar-refractivity contribution in [3.63, 3.8) is 0 Å². The number of ether oxygens (including phenoxy) is 2. The van der Waals surface area contributed by atoms with Crippen LogP contribution < -0.4 is 10.6 Å². The minimum absolute atomic E-state index is 0.0363. The molecule has 2 amide bonds. The van der Waals surface area contributed by atoms with Crippen molar-refractivity contribution >= 4 is 17.8 Å². The van der Waals surface area contributed by atoms with Gasteiger partial charge in [0.1, 0.15) is 17.9 Å². The number of aliphatic hydroxyl groups excluding tert-OH is 3. The van der Waals surface area contributed by atoms with Gasteiger partial charge < -0.3 is 40.5 Å². The number of hydrogen-bond acceptors (Lipinski definition) is 10. The van der Waals surface area contributed by atoms with E-state index in [-0.39, 0.29) is 31.9 Å². The van der Waals surface area contributed by atoms with Crippen molar-refractivity contribution in [2.45, 2.75) is 82.3 Å². The van der Waals surface area contributed by atoms with Gasteiger partial charge >= 0.3 is 5.97 Å². The van der Waals surface area contributed by atoms with E-state index in [1.54, 1.807) is 17.8 Å². The molecule has 1 aliphatic heterocycles. The molecule has 14 heteroatoms. The first-order chi connectivity index (χ1) is 22.0. The van der Waals surface area contributed by atoms with Crippen LogP contribution in [-0.4, -0.2) is 103 Å². The highest BCUT2D eigenvalue weighted by Crippen LogP contribution is 2.34. The Balaban J connectivity index is 1.38. The molecule has 6 atom stereocenters. The molecule has 1 aliphatic rings. The summed E-state index contributed by atoms with van der Waals surface area (Å²) in [6.07, 6.45) is -4.60. The maximum Gasteiger partial charge on any atom is 0.364 e. The Morgan fingerprint density at radius 2 is 1.76 bits per heavy atom. The number of benzene rings is 2. The lowest BCUT2D eigenvalue weighted by molar-refractivity contribution is -0.311. The summed E-state index contributed by atoms with van der Waals surface area (Å²) in [5.41, 5.74) is 3.72. The van der Waals surface area contributed by atoms with Gasteiger partial charge in [0.2, 0.25) is 11.8 Å². The lowest BCUT2D eigenvalue weighted by Crippen LogP contribution is -2.67. The number of aromatic nitrogens is 3. The first-order valence-corrected chi connectivity index (χ1v) is 15.2. The van der Waals surface area contributed by atoms with Crippen molar-refractivity contribution in [3.05, 3.63) is 60.8 Å². The van der Waals surface area contributed by atoms with E-state index in [4.69, 9.17) is 9.47 Å². The summed E-state index contributed by atoms with van der Waals surface area (Å²) in [5.74, 6) is -4.72. The number of aliphatic hydroxyl groups is 3. The van der Waals surface area contributed by atoms with Crippen molar-refractivity contribution in [2.75, 3.05) is 13.2 Å². The van der Waals surface area contributed by atoms with Crippen molar-refractivity contribution in [2.24, 2.45) is 0 Å². The molecule has 0 saturated carbocycles. The largest absolute Gasteiger partial charge is 0.477 e. The van der Waals surface area contributed by atoms with E-state index in [1.165, 1.54) is 6.92 Å². The SMILES string of the molecule is CCC(=O)NCC[C@@H](O)[C@@H](O)[C@@H]1O[C@@](OCCCn2cc(-c3ccc(-c4ccccc4)cc3)nn2)(C(=O)O)C[C@H](O)[C@H]1NC(C)=O. The zero-order valence-electron chi connectivity index (χ0n) is 25.8. The monoisotopic (exact) mass is 639 g/mol. The van der Waals surface area contributed by atoms with Gasteiger partial charge in [-0.05, 0) is 24.0 Å². The summed E-state index contributed by atoms with van der Waals surface area (Å²) in [6.45, 7) is 3.10. The van der Waals surface area contributed by atoms with Crippen molar-refractivity contribution in [1.82, 2.24) is 25.6 Å². The molecule has 46 heavy (non-hydrogen) atoms. The Kier molecular flexibility index (Phi) is 12.0. The van der Waals surface area contributed by atoms with Gasteiger partial charge in [-0.1, -0.05) is 66.7 Å². The number of amides is 2. The number of carboxylic acids is 1. The maximum absolute atomic E-state index is 12.4. The Morgan fingerprint density at radius 1 is 1.09 bits per heavy atom. The molecule has 0 spiro atoms. The van der Waals surface area contributed by atoms with Gasteiger partial charge in [0, 0.05) is 38.4 Å². The van der Waals surface area contributed by atoms with E-state index in [2.05, 4.69) is 20.9 Å². The third-order valence-electron chi connectivity index (χ3n) is 7.78. The first-order valence-electron chi connectivity index (χ1n) is 15.2. The molecular weight excluding hydrogens is 598 g/mol. The summed E-state index contributed by atoms with van der Waals surface area (Å²) in [6, 6.07) is 16.7. The van der Waals surface area contributed by atoms with Crippen molar-refractivity contribution in [1.29, 1.82) is 0 Å². The average Bonchev–Trinajstić information content (AvgIpc) is 3.53. The smallest absolute Gasteiger partial charge is 0.364 e. The minimum atomic E-state index is -2.37. The van der Waals surface area contributed by atoms with Crippen LogP contribution in [0.4, 0.5) is 0 Å². The summed E-state index contributed by atoms with van der Waals surface area (Å²) in [4.78, 5) is 35.8. The van der Waals surface area contributed by atoms with E-state index in [9.17, 15) is 34.8 Å². The third-order valence-corrected chi connectivity index (χ3v) is 7.78. The molecule has 1 saturated heterocycles. The fourth-order valence-electron chi connectivity index (χ4n) is 5.29. The highest BCUT2D eigenvalue weighted by molar-refractivity contribution is 5.77. The molecule has 14 nitrogen and oxygen atoms in total. The molecule has 0 aliphatic carbocycles. The van der Waals surface area contributed by atoms with Crippen LogP contribution in [0.1, 0.15) is 39.5 Å². The molecule has 4 rings (SSSR count). The van der Waals surface area contributed by atoms with Gasteiger partial charge in [-0.3, -0.25) is 14.3 Å². The Labute approximate surface area is 266 Å². The molecular formula is C32H41N5O9. The average molecular weight is 640 g/mol. The lowest BCUT2D eigenvalue weighted by Gasteiger charge is -2.46. The van der Waals surface area contributed by atoms with E-state index in [0.717, 1.165) is 16.7 Å². The molecule has 0 unspecified atom stereocenters. The van der Waals surface area contributed by atoms with E-state index in [1.807, 2.05) is 54.6 Å². The predicted octanol–water partition coefficient (Wildman–Crippen LogP) is 1.09. The van der Waals surface area contributed by atoms with Crippen LogP contribution in [0, 0.1) is 0 Å². The number of carbonyl (C=O) groups excluding carboxylic acids is 2. The summed E-state index contributed by atoms with van der Waals surface area (Å²) in [7, 11) is 0. The van der Waals surface area contributed by atoms with Gasteiger partial charge in [-0.15, -0.1) is 5.10 Å². The number of aliphatic carboxylic acids is 1. The van der Waals surface area contributed by atoms with E-state index < -0.39 is 54.5 Å². The van der Waals surface area contributed by atoms with Crippen molar-refractivity contribution < 1.29 is 44.3 Å². The second-order valence-electron chi connectivity index (χ2n) is 11.2. The summed E-state index contributed by atoms with van der Waals surface area (Å²) >= 11 is 0. The number of hydrogen-bond donors (Lipinski definition) is 6. The highest BCUT2D eigenvalue weighted by atomic mass is 16.7. The van der Waals surface area contributed by atoms with E-state index >= 15 is 0 Å². The van der Waals surface area contributed by atoms with Crippen LogP contribution in [0.2, 0.25) is 0 Å². The molecule has 2 heterocycles. The second kappa shape index (κ2) is 15.9. The molecule has 0 radical (unpaired) electrons. The fraction of sp³-hybridized carbons (Fsp3) is 0.469. The van der Waals surface area contributed by atoms with Gasteiger partial charge in [-0.2, -0.15) is 0 Å². The quantitative estimate of drug-likeness (QED) is 0.130. The number of nitrogens with one attached hydrogen (secondary N) is 2. The van der Waals surface area contributed by atoms with E-state index in [0.29, 0.717) is 18.7 Å². The van der Waals surface area contributed by atoms with Gasteiger partial charge in [-0.25, -0.2) is 4.79 Å². The highest BCUT2D eigenvalue weighted by Gasteiger charge is 2.55. The maximum atomic E-state index is 12.4. The molecule has 1 aromatic heterocycles. The first kappa shape index (κ1) is 34.7. The van der Waals surface area contributed by atoms with Crippen LogP contribution in [0.5, 0.6) is 0 Å². The lowest BCUT2D eigenvalue weighted by atomic mass is 9.88. The molecule has 0 bridgehead atoms. The second-order valence-corrected chi connectivity index (χ2v) is 11.2. The van der Waals surface area contributed by atoms with Gasteiger partial charge in [0.15, 0.2) is 0 Å². The number of rotatable bonds is 15. The van der Waals surface area contributed by atoms with Crippen LogP contribution in [-0.2, 0) is 30.4 Å².